The molecular weight excluding hydrogens is 456 g/mol. The molecule has 0 aliphatic carbocycles. The van der Waals surface area contributed by atoms with Crippen molar-refractivity contribution in [1.29, 1.82) is 0 Å². The van der Waals surface area contributed by atoms with Crippen LogP contribution in [0.2, 0.25) is 0 Å². The van der Waals surface area contributed by atoms with Crippen molar-refractivity contribution in [3.05, 3.63) is 65.5 Å². The van der Waals surface area contributed by atoms with Crippen LogP contribution in [-0.2, 0) is 10.0 Å². The van der Waals surface area contributed by atoms with E-state index < -0.39 is 22.0 Å². The molecule has 1 atom stereocenters. The van der Waals surface area contributed by atoms with Crippen LogP contribution in [0.4, 0.5) is 5.69 Å². The molecule has 0 bridgehead atoms. The van der Waals surface area contributed by atoms with Crippen LogP contribution >= 0.6 is 11.3 Å². The van der Waals surface area contributed by atoms with E-state index in [4.69, 9.17) is 14.2 Å². The molecule has 168 valence electrons. The van der Waals surface area contributed by atoms with Crippen LogP contribution in [0.5, 0.6) is 17.2 Å². The van der Waals surface area contributed by atoms with E-state index in [1.807, 2.05) is 0 Å². The lowest BCUT2D eigenvalue weighted by atomic mass is 10.2. The molecule has 2 aromatic carbocycles. The van der Waals surface area contributed by atoms with E-state index in [1.165, 1.54) is 12.1 Å². The van der Waals surface area contributed by atoms with Crippen molar-refractivity contribution < 1.29 is 32.5 Å². The van der Waals surface area contributed by atoms with Gasteiger partial charge in [0, 0.05) is 23.9 Å². The molecule has 2 heterocycles. The lowest BCUT2D eigenvalue weighted by molar-refractivity contribution is 0.0843. The molecule has 3 N–H and O–H groups in total. The highest BCUT2D eigenvalue weighted by Crippen LogP contribution is 2.35. The molecule has 0 saturated carbocycles. The summed E-state index contributed by atoms with van der Waals surface area (Å²) in [6.45, 7) is 0.0687. The number of aliphatic hydroxyl groups is 1. The van der Waals surface area contributed by atoms with E-state index >= 15 is 0 Å². The molecule has 1 aliphatic heterocycles. The van der Waals surface area contributed by atoms with Crippen molar-refractivity contribution in [2.24, 2.45) is 0 Å². The van der Waals surface area contributed by atoms with Gasteiger partial charge in [0.2, 0.25) is 6.79 Å². The van der Waals surface area contributed by atoms with Gasteiger partial charge in [0.05, 0.1) is 0 Å². The Kier molecular flexibility index (Phi) is 6.49. The highest BCUT2D eigenvalue weighted by atomic mass is 32.2. The van der Waals surface area contributed by atoms with Gasteiger partial charge in [-0.2, -0.15) is 0 Å². The molecule has 0 saturated heterocycles. The molecule has 0 spiro atoms. The summed E-state index contributed by atoms with van der Waals surface area (Å²) < 4.78 is 43.4. The molecule has 9 nitrogen and oxygen atoms in total. The first-order chi connectivity index (χ1) is 15.4. The van der Waals surface area contributed by atoms with E-state index in [9.17, 15) is 18.3 Å². The zero-order valence-electron chi connectivity index (χ0n) is 16.7. The minimum atomic E-state index is -3.71. The van der Waals surface area contributed by atoms with Crippen molar-refractivity contribution in [3.63, 3.8) is 0 Å². The standard InChI is InChI=1S/C21H20N2O7S2/c24-16(12-28-17-6-7-18-19(10-17)30-13-29-18)11-22-21(25)14-3-1-4-15(9-14)23-32(26,27)20-5-2-8-31-20/h1-10,16,23-24H,11-13H2,(H,22,25). The minimum Gasteiger partial charge on any atom is -0.491 e. The largest absolute Gasteiger partial charge is 0.491 e. The van der Waals surface area contributed by atoms with Crippen molar-refractivity contribution in [1.82, 2.24) is 5.32 Å². The Morgan fingerprint density at radius 2 is 1.97 bits per heavy atom. The number of hydrogen-bond donors (Lipinski definition) is 3. The summed E-state index contributed by atoms with van der Waals surface area (Å²) in [4.78, 5) is 12.4. The predicted molar refractivity (Wildman–Crippen MR) is 118 cm³/mol. The van der Waals surface area contributed by atoms with Gasteiger partial charge in [-0.15, -0.1) is 11.3 Å². The first kappa shape index (κ1) is 21.9. The van der Waals surface area contributed by atoms with Crippen LogP contribution in [0.3, 0.4) is 0 Å². The number of amides is 1. The molecule has 1 aromatic heterocycles. The zero-order valence-corrected chi connectivity index (χ0v) is 18.3. The second-order valence-electron chi connectivity index (χ2n) is 6.81. The third-order valence-corrected chi connectivity index (χ3v) is 7.20. The number of thiophene rings is 1. The molecule has 4 rings (SSSR count). The van der Waals surface area contributed by atoms with Crippen LogP contribution in [-0.4, -0.2) is 45.5 Å². The minimum absolute atomic E-state index is 0.0411. The third-order valence-electron chi connectivity index (χ3n) is 4.42. The second kappa shape index (κ2) is 9.47. The predicted octanol–water partition coefficient (Wildman–Crippen LogP) is 2.45. The lowest BCUT2D eigenvalue weighted by Gasteiger charge is -2.14. The topological polar surface area (TPSA) is 123 Å². The fourth-order valence-corrected chi connectivity index (χ4v) is 4.92. The van der Waals surface area contributed by atoms with Crippen LogP contribution in [0.1, 0.15) is 10.4 Å². The van der Waals surface area contributed by atoms with E-state index in [-0.39, 0.29) is 35.4 Å². The fraction of sp³-hybridized carbons (Fsp3) is 0.190. The zero-order chi connectivity index (χ0) is 22.6. The number of anilines is 1. The Balaban J connectivity index is 1.28. The molecule has 0 radical (unpaired) electrons. The Morgan fingerprint density at radius 3 is 2.78 bits per heavy atom. The van der Waals surface area contributed by atoms with E-state index in [0.29, 0.717) is 17.2 Å². The molecule has 0 fully saturated rings. The normalized spacial score (nSPS) is 13.4. The lowest BCUT2D eigenvalue weighted by Crippen LogP contribution is -2.35. The molecule has 1 unspecified atom stereocenters. The Hall–Kier alpha value is -3.28. The van der Waals surface area contributed by atoms with Gasteiger partial charge >= 0.3 is 0 Å². The van der Waals surface area contributed by atoms with Crippen LogP contribution in [0.25, 0.3) is 0 Å². The van der Waals surface area contributed by atoms with Gasteiger partial charge in [-0.25, -0.2) is 8.42 Å². The molecule has 1 amide bonds. The third kappa shape index (κ3) is 5.31. The van der Waals surface area contributed by atoms with E-state index in [0.717, 1.165) is 11.3 Å². The molecule has 3 aromatic rings. The average Bonchev–Trinajstić information content (AvgIpc) is 3.48. The summed E-state index contributed by atoms with van der Waals surface area (Å²) in [5.74, 6) is 1.25. The summed E-state index contributed by atoms with van der Waals surface area (Å²) in [6.07, 6.45) is -0.954. The van der Waals surface area contributed by atoms with Crippen LogP contribution < -0.4 is 24.2 Å². The Bertz CT molecular complexity index is 1200. The number of carbonyl (C=O) groups excluding carboxylic acids is 1. The summed E-state index contributed by atoms with van der Waals surface area (Å²) in [5.41, 5.74) is 0.512. The highest BCUT2D eigenvalue weighted by Gasteiger charge is 2.17. The number of carbonyl (C=O) groups is 1. The van der Waals surface area contributed by atoms with Crippen molar-refractivity contribution in [3.8, 4) is 17.2 Å². The summed E-state index contributed by atoms with van der Waals surface area (Å²) in [7, 11) is -3.71. The number of ether oxygens (including phenoxy) is 3. The van der Waals surface area contributed by atoms with Crippen molar-refractivity contribution in [2.45, 2.75) is 10.3 Å². The number of rotatable bonds is 9. The summed E-state index contributed by atoms with van der Waals surface area (Å²) in [6, 6.07) is 14.3. The first-order valence-electron chi connectivity index (χ1n) is 9.56. The summed E-state index contributed by atoms with van der Waals surface area (Å²) >= 11 is 1.10. The van der Waals surface area contributed by atoms with Gasteiger partial charge in [0.25, 0.3) is 15.9 Å². The number of fused-ring (bicyclic) bond motifs is 1. The maximum atomic E-state index is 12.4. The highest BCUT2D eigenvalue weighted by molar-refractivity contribution is 7.94. The Labute approximate surface area is 188 Å². The van der Waals surface area contributed by atoms with Gasteiger partial charge in [-0.05, 0) is 41.8 Å². The van der Waals surface area contributed by atoms with Crippen molar-refractivity contribution in [2.75, 3.05) is 24.7 Å². The first-order valence-corrected chi connectivity index (χ1v) is 11.9. The van der Waals surface area contributed by atoms with Gasteiger partial charge in [-0.3, -0.25) is 9.52 Å². The SMILES string of the molecule is O=C(NCC(O)COc1ccc2c(c1)OCO2)c1cccc(NS(=O)(=O)c2cccs2)c1. The van der Waals surface area contributed by atoms with Gasteiger partial charge in [-0.1, -0.05) is 12.1 Å². The number of nitrogens with one attached hydrogen (secondary N) is 2. The van der Waals surface area contributed by atoms with Crippen molar-refractivity contribution >= 4 is 33.0 Å². The maximum Gasteiger partial charge on any atom is 0.271 e. The number of benzene rings is 2. The number of aliphatic hydroxyl groups excluding tert-OH is 1. The maximum absolute atomic E-state index is 12.4. The quantitative estimate of drug-likeness (QED) is 0.433. The molecule has 1 aliphatic rings. The second-order valence-corrected chi connectivity index (χ2v) is 9.67. The summed E-state index contributed by atoms with van der Waals surface area (Å²) in [5, 5.41) is 14.4. The molecule has 32 heavy (non-hydrogen) atoms. The number of sulfonamides is 1. The average molecular weight is 477 g/mol. The van der Waals surface area contributed by atoms with Crippen LogP contribution in [0, 0.1) is 0 Å². The number of hydrogen-bond acceptors (Lipinski definition) is 8. The molecule has 11 heteroatoms. The van der Waals surface area contributed by atoms with E-state index in [1.54, 1.807) is 47.8 Å². The fourth-order valence-electron chi connectivity index (χ4n) is 2.88. The monoisotopic (exact) mass is 476 g/mol. The van der Waals surface area contributed by atoms with Gasteiger partial charge in [0.1, 0.15) is 22.7 Å². The van der Waals surface area contributed by atoms with Gasteiger partial charge < -0.3 is 24.6 Å². The smallest absolute Gasteiger partial charge is 0.271 e. The van der Waals surface area contributed by atoms with E-state index in [2.05, 4.69) is 10.0 Å². The Morgan fingerprint density at radius 1 is 1.12 bits per heavy atom. The van der Waals surface area contributed by atoms with Crippen LogP contribution in [0.15, 0.2) is 64.2 Å². The van der Waals surface area contributed by atoms with Gasteiger partial charge in [0.15, 0.2) is 11.5 Å². The molecular formula is C21H20N2O7S2.